The lowest BCUT2D eigenvalue weighted by Crippen LogP contribution is -2.39. The molecule has 25 heavy (non-hydrogen) atoms. The van der Waals surface area contributed by atoms with Gasteiger partial charge in [0.2, 0.25) is 0 Å². The summed E-state index contributed by atoms with van der Waals surface area (Å²) in [6, 6.07) is 8.62. The van der Waals surface area contributed by atoms with E-state index in [1.54, 1.807) is 33.1 Å². The van der Waals surface area contributed by atoms with Crippen molar-refractivity contribution in [1.29, 1.82) is 0 Å². The molecular weight excluding hydrogens is 322 g/mol. The summed E-state index contributed by atoms with van der Waals surface area (Å²) >= 11 is 0. The first-order chi connectivity index (χ1) is 11.9. The second kappa shape index (κ2) is 8.32. The molecule has 1 atom stereocenters. The Labute approximate surface area is 146 Å². The zero-order chi connectivity index (χ0) is 18.4. The number of carbonyl (C=O) groups excluding carboxylic acids is 1. The molecule has 0 bridgehead atoms. The van der Waals surface area contributed by atoms with Gasteiger partial charge in [0.15, 0.2) is 17.6 Å². The number of hydrogen-bond donors (Lipinski definition) is 1. The fraction of sp³-hybridized carbons (Fsp3) is 0.389. The quantitative estimate of drug-likeness (QED) is 0.821. The average molecular weight is 345 g/mol. The van der Waals surface area contributed by atoms with Gasteiger partial charge in [-0.15, -0.1) is 0 Å². The van der Waals surface area contributed by atoms with E-state index in [2.05, 4.69) is 10.4 Å². The highest BCUT2D eigenvalue weighted by Gasteiger charge is 2.16. The Bertz CT molecular complexity index is 801. The van der Waals surface area contributed by atoms with Crippen molar-refractivity contribution in [2.24, 2.45) is 0 Å². The third-order valence-corrected chi connectivity index (χ3v) is 3.61. The molecule has 134 valence electrons. The van der Waals surface area contributed by atoms with Crippen LogP contribution in [0.15, 0.2) is 35.1 Å². The van der Waals surface area contributed by atoms with Crippen molar-refractivity contribution in [3.05, 3.63) is 51.9 Å². The normalized spacial score (nSPS) is 11.7. The van der Waals surface area contributed by atoms with Gasteiger partial charge in [0.05, 0.1) is 19.3 Å². The Morgan fingerprint density at radius 3 is 2.72 bits per heavy atom. The molecule has 1 aromatic carbocycles. The van der Waals surface area contributed by atoms with Crippen LogP contribution in [0.5, 0.6) is 11.5 Å². The van der Waals surface area contributed by atoms with Crippen LogP contribution in [0.2, 0.25) is 0 Å². The standard InChI is InChI=1S/C18H23N3O4/c1-12-5-7-15(16(11-12)24-4)25-14(3)18(23)19-9-10-21-17(22)8-6-13(2)20-21/h5-8,11,14H,9-10H2,1-4H3,(H,19,23). The number of carbonyl (C=O) groups is 1. The van der Waals surface area contributed by atoms with Gasteiger partial charge < -0.3 is 14.8 Å². The van der Waals surface area contributed by atoms with Crippen LogP contribution >= 0.6 is 0 Å². The highest BCUT2D eigenvalue weighted by Crippen LogP contribution is 2.28. The lowest BCUT2D eigenvalue weighted by atomic mass is 10.2. The number of rotatable bonds is 7. The maximum atomic E-state index is 12.2. The number of nitrogens with zero attached hydrogens (tertiary/aromatic N) is 2. The second-order valence-electron chi connectivity index (χ2n) is 5.74. The lowest BCUT2D eigenvalue weighted by molar-refractivity contribution is -0.127. The Morgan fingerprint density at radius 1 is 1.24 bits per heavy atom. The fourth-order valence-corrected chi connectivity index (χ4v) is 2.26. The summed E-state index contributed by atoms with van der Waals surface area (Å²) in [5.41, 5.74) is 1.58. The van der Waals surface area contributed by atoms with Crippen molar-refractivity contribution in [3.8, 4) is 11.5 Å². The Balaban J connectivity index is 1.90. The molecule has 1 amide bonds. The molecule has 0 aliphatic rings. The number of aromatic nitrogens is 2. The minimum atomic E-state index is -0.696. The number of methoxy groups -OCH3 is 1. The van der Waals surface area contributed by atoms with Crippen molar-refractivity contribution in [1.82, 2.24) is 15.1 Å². The van der Waals surface area contributed by atoms with Crippen molar-refractivity contribution in [2.75, 3.05) is 13.7 Å². The van der Waals surface area contributed by atoms with E-state index in [0.717, 1.165) is 11.3 Å². The number of benzene rings is 1. The monoisotopic (exact) mass is 345 g/mol. The summed E-state index contributed by atoms with van der Waals surface area (Å²) in [5.74, 6) is 0.811. The van der Waals surface area contributed by atoms with Crippen molar-refractivity contribution in [2.45, 2.75) is 33.4 Å². The van der Waals surface area contributed by atoms with E-state index in [1.165, 1.54) is 10.7 Å². The predicted octanol–water partition coefficient (Wildman–Crippen LogP) is 1.45. The largest absolute Gasteiger partial charge is 0.493 e. The molecule has 1 heterocycles. The molecule has 0 aliphatic carbocycles. The molecule has 7 nitrogen and oxygen atoms in total. The van der Waals surface area contributed by atoms with Crippen LogP contribution in [0.1, 0.15) is 18.2 Å². The number of aryl methyl sites for hydroxylation is 2. The zero-order valence-electron chi connectivity index (χ0n) is 14.9. The SMILES string of the molecule is COc1cc(C)ccc1OC(C)C(=O)NCCn1nc(C)ccc1=O. The van der Waals surface area contributed by atoms with Gasteiger partial charge in [0, 0.05) is 12.6 Å². The first-order valence-corrected chi connectivity index (χ1v) is 8.04. The maximum absolute atomic E-state index is 12.2. The van der Waals surface area contributed by atoms with Crippen LogP contribution < -0.4 is 20.3 Å². The minimum absolute atomic E-state index is 0.200. The molecule has 2 aromatic rings. The summed E-state index contributed by atoms with van der Waals surface area (Å²) < 4.78 is 12.3. The minimum Gasteiger partial charge on any atom is -0.493 e. The molecule has 7 heteroatoms. The first-order valence-electron chi connectivity index (χ1n) is 8.04. The average Bonchev–Trinajstić information content (AvgIpc) is 2.59. The third kappa shape index (κ3) is 5.07. The van der Waals surface area contributed by atoms with Gasteiger partial charge in [-0.3, -0.25) is 9.59 Å². The van der Waals surface area contributed by atoms with Crippen LogP contribution in [0.25, 0.3) is 0 Å². The number of amides is 1. The summed E-state index contributed by atoms with van der Waals surface area (Å²) in [5, 5.41) is 6.86. The van der Waals surface area contributed by atoms with E-state index in [1.807, 2.05) is 19.1 Å². The van der Waals surface area contributed by atoms with E-state index >= 15 is 0 Å². The topological polar surface area (TPSA) is 82.4 Å². The molecule has 1 N–H and O–H groups in total. The van der Waals surface area contributed by atoms with Gasteiger partial charge in [0.25, 0.3) is 11.5 Å². The van der Waals surface area contributed by atoms with Gasteiger partial charge >= 0.3 is 0 Å². The lowest BCUT2D eigenvalue weighted by Gasteiger charge is -2.17. The van der Waals surface area contributed by atoms with Crippen LogP contribution in [-0.2, 0) is 11.3 Å². The van der Waals surface area contributed by atoms with Gasteiger partial charge in [0.1, 0.15) is 0 Å². The van der Waals surface area contributed by atoms with Crippen LogP contribution in [0.4, 0.5) is 0 Å². The van der Waals surface area contributed by atoms with E-state index in [9.17, 15) is 9.59 Å². The van der Waals surface area contributed by atoms with Crippen LogP contribution in [0.3, 0.4) is 0 Å². The first kappa shape index (κ1) is 18.5. The Hall–Kier alpha value is -2.83. The van der Waals surface area contributed by atoms with E-state index in [4.69, 9.17) is 9.47 Å². The van der Waals surface area contributed by atoms with Gasteiger partial charge in [-0.1, -0.05) is 6.07 Å². The van der Waals surface area contributed by atoms with E-state index in [0.29, 0.717) is 18.0 Å². The predicted molar refractivity (Wildman–Crippen MR) is 94.1 cm³/mol. The summed E-state index contributed by atoms with van der Waals surface area (Å²) in [6.07, 6.45) is -0.696. The highest BCUT2D eigenvalue weighted by molar-refractivity contribution is 5.80. The van der Waals surface area contributed by atoms with Gasteiger partial charge in [-0.2, -0.15) is 5.10 Å². The molecule has 0 saturated heterocycles. The van der Waals surface area contributed by atoms with Gasteiger partial charge in [-0.05, 0) is 44.5 Å². The molecule has 0 aliphatic heterocycles. The van der Waals surface area contributed by atoms with Crippen molar-refractivity contribution >= 4 is 5.91 Å². The summed E-state index contributed by atoms with van der Waals surface area (Å²) in [4.78, 5) is 23.8. The Morgan fingerprint density at radius 2 is 2.00 bits per heavy atom. The highest BCUT2D eigenvalue weighted by atomic mass is 16.5. The van der Waals surface area contributed by atoms with Crippen molar-refractivity contribution in [3.63, 3.8) is 0 Å². The number of hydrogen-bond acceptors (Lipinski definition) is 5. The zero-order valence-corrected chi connectivity index (χ0v) is 14.9. The molecule has 0 fully saturated rings. The van der Waals surface area contributed by atoms with E-state index < -0.39 is 6.10 Å². The molecule has 0 spiro atoms. The van der Waals surface area contributed by atoms with Gasteiger partial charge in [-0.25, -0.2) is 4.68 Å². The Kier molecular flexibility index (Phi) is 6.16. The third-order valence-electron chi connectivity index (χ3n) is 3.61. The second-order valence-corrected chi connectivity index (χ2v) is 5.74. The fourth-order valence-electron chi connectivity index (χ4n) is 2.26. The maximum Gasteiger partial charge on any atom is 0.266 e. The van der Waals surface area contributed by atoms with E-state index in [-0.39, 0.29) is 18.0 Å². The molecular formula is C18H23N3O4. The smallest absolute Gasteiger partial charge is 0.266 e. The van der Waals surface area contributed by atoms with Crippen molar-refractivity contribution < 1.29 is 14.3 Å². The number of ether oxygens (including phenoxy) is 2. The molecule has 2 rings (SSSR count). The van der Waals surface area contributed by atoms with Crippen LogP contribution in [0, 0.1) is 13.8 Å². The molecule has 0 radical (unpaired) electrons. The summed E-state index contributed by atoms with van der Waals surface area (Å²) in [7, 11) is 1.55. The molecule has 0 saturated carbocycles. The number of nitrogens with one attached hydrogen (secondary N) is 1. The molecule has 1 unspecified atom stereocenters. The molecule has 1 aromatic heterocycles. The van der Waals surface area contributed by atoms with Crippen LogP contribution in [-0.4, -0.2) is 35.4 Å². The summed E-state index contributed by atoms with van der Waals surface area (Å²) in [6.45, 7) is 6.00.